The van der Waals surface area contributed by atoms with Crippen LogP contribution in [0, 0.1) is 6.92 Å². The van der Waals surface area contributed by atoms with E-state index in [9.17, 15) is 5.11 Å². The molecule has 2 rings (SSSR count). The second-order valence-corrected chi connectivity index (χ2v) is 5.40. The number of rotatable bonds is 4. The highest BCUT2D eigenvalue weighted by atomic mass is 32.1. The second kappa shape index (κ2) is 5.02. The Bertz CT molecular complexity index is 501. The van der Waals surface area contributed by atoms with E-state index >= 15 is 0 Å². The van der Waals surface area contributed by atoms with E-state index in [0.717, 1.165) is 29.2 Å². The number of aryl methyl sites for hydroxylation is 3. The SMILES string of the molecule is CCc1cc(C(O)c2ccc(C)s2)n(CC)n1. The Morgan fingerprint density at radius 2 is 2.18 bits per heavy atom. The molecule has 17 heavy (non-hydrogen) atoms. The van der Waals surface area contributed by atoms with E-state index in [-0.39, 0.29) is 0 Å². The molecule has 0 bridgehead atoms. The highest BCUT2D eigenvalue weighted by molar-refractivity contribution is 7.12. The smallest absolute Gasteiger partial charge is 0.130 e. The predicted molar refractivity (Wildman–Crippen MR) is 70.4 cm³/mol. The zero-order chi connectivity index (χ0) is 12.4. The van der Waals surface area contributed by atoms with Crippen LogP contribution in [0.1, 0.15) is 41.1 Å². The monoisotopic (exact) mass is 250 g/mol. The van der Waals surface area contributed by atoms with Crippen molar-refractivity contribution in [3.8, 4) is 0 Å². The van der Waals surface area contributed by atoms with Gasteiger partial charge in [0.2, 0.25) is 0 Å². The highest BCUT2D eigenvalue weighted by Crippen LogP contribution is 2.28. The van der Waals surface area contributed by atoms with E-state index in [2.05, 4.69) is 18.9 Å². The van der Waals surface area contributed by atoms with Crippen molar-refractivity contribution in [2.75, 3.05) is 0 Å². The summed E-state index contributed by atoms with van der Waals surface area (Å²) in [5.41, 5.74) is 1.93. The quantitative estimate of drug-likeness (QED) is 0.906. The summed E-state index contributed by atoms with van der Waals surface area (Å²) in [4.78, 5) is 2.21. The minimum absolute atomic E-state index is 0.554. The molecular formula is C13H18N2OS. The zero-order valence-electron chi connectivity index (χ0n) is 10.5. The molecule has 0 saturated carbocycles. The number of thiophene rings is 1. The summed E-state index contributed by atoms with van der Waals surface area (Å²) in [5.74, 6) is 0. The van der Waals surface area contributed by atoms with Crippen LogP contribution in [0.2, 0.25) is 0 Å². The van der Waals surface area contributed by atoms with E-state index < -0.39 is 6.10 Å². The third kappa shape index (κ3) is 2.42. The largest absolute Gasteiger partial charge is 0.381 e. The van der Waals surface area contributed by atoms with Gasteiger partial charge in [-0.1, -0.05) is 6.92 Å². The predicted octanol–water partition coefficient (Wildman–Crippen LogP) is 2.92. The summed E-state index contributed by atoms with van der Waals surface area (Å²) in [6.45, 7) is 6.96. The first kappa shape index (κ1) is 12.3. The lowest BCUT2D eigenvalue weighted by atomic mass is 10.2. The molecule has 0 aromatic carbocycles. The van der Waals surface area contributed by atoms with Crippen LogP contribution in [0.3, 0.4) is 0 Å². The summed E-state index contributed by atoms with van der Waals surface area (Å²) in [7, 11) is 0. The van der Waals surface area contributed by atoms with Gasteiger partial charge in [0.25, 0.3) is 0 Å². The van der Waals surface area contributed by atoms with Gasteiger partial charge in [-0.25, -0.2) is 0 Å². The van der Waals surface area contributed by atoms with Crippen LogP contribution in [0.5, 0.6) is 0 Å². The molecule has 0 fully saturated rings. The number of aliphatic hydroxyl groups is 1. The molecule has 92 valence electrons. The molecule has 0 radical (unpaired) electrons. The van der Waals surface area contributed by atoms with Crippen molar-refractivity contribution in [2.24, 2.45) is 0 Å². The lowest BCUT2D eigenvalue weighted by molar-refractivity contribution is 0.212. The van der Waals surface area contributed by atoms with Crippen LogP contribution < -0.4 is 0 Å². The summed E-state index contributed by atoms with van der Waals surface area (Å²) in [6.07, 6.45) is 0.345. The first-order valence-corrected chi connectivity index (χ1v) is 6.78. The molecule has 0 aliphatic carbocycles. The van der Waals surface area contributed by atoms with Crippen LogP contribution in [-0.2, 0) is 13.0 Å². The second-order valence-electron chi connectivity index (χ2n) is 4.08. The van der Waals surface area contributed by atoms with Crippen molar-refractivity contribution < 1.29 is 5.11 Å². The van der Waals surface area contributed by atoms with Crippen molar-refractivity contribution in [1.29, 1.82) is 0 Å². The fourth-order valence-corrected chi connectivity index (χ4v) is 2.76. The number of hydrogen-bond donors (Lipinski definition) is 1. The molecule has 2 aromatic rings. The molecule has 2 heterocycles. The molecule has 1 atom stereocenters. The maximum Gasteiger partial charge on any atom is 0.130 e. The Balaban J connectivity index is 2.35. The first-order chi connectivity index (χ1) is 8.15. The Hall–Kier alpha value is -1.13. The van der Waals surface area contributed by atoms with Crippen LogP contribution >= 0.6 is 11.3 Å². The Kier molecular flexibility index (Phi) is 3.64. The van der Waals surface area contributed by atoms with Crippen molar-refractivity contribution >= 4 is 11.3 Å². The molecule has 1 unspecified atom stereocenters. The molecule has 4 heteroatoms. The van der Waals surface area contributed by atoms with Gasteiger partial charge in [-0.3, -0.25) is 4.68 Å². The van der Waals surface area contributed by atoms with Gasteiger partial charge in [-0.15, -0.1) is 11.3 Å². The third-order valence-corrected chi connectivity index (χ3v) is 3.89. The van der Waals surface area contributed by atoms with Crippen LogP contribution in [0.4, 0.5) is 0 Å². The average molecular weight is 250 g/mol. The van der Waals surface area contributed by atoms with Gasteiger partial charge in [-0.2, -0.15) is 5.10 Å². The van der Waals surface area contributed by atoms with Gasteiger partial charge in [0.15, 0.2) is 0 Å². The highest BCUT2D eigenvalue weighted by Gasteiger charge is 2.18. The minimum atomic E-state index is -0.554. The molecule has 0 aliphatic heterocycles. The summed E-state index contributed by atoms with van der Waals surface area (Å²) >= 11 is 1.64. The fourth-order valence-electron chi connectivity index (χ4n) is 1.88. The van der Waals surface area contributed by atoms with Gasteiger partial charge in [0.1, 0.15) is 6.10 Å². The Morgan fingerprint density at radius 1 is 1.41 bits per heavy atom. The van der Waals surface area contributed by atoms with E-state index in [1.165, 1.54) is 4.88 Å². The number of hydrogen-bond acceptors (Lipinski definition) is 3. The number of aromatic nitrogens is 2. The van der Waals surface area contributed by atoms with Gasteiger partial charge in [0, 0.05) is 16.3 Å². The third-order valence-electron chi connectivity index (χ3n) is 2.83. The van der Waals surface area contributed by atoms with Crippen molar-refractivity contribution in [2.45, 2.75) is 39.8 Å². The molecule has 0 spiro atoms. The lowest BCUT2D eigenvalue weighted by Crippen LogP contribution is -2.07. The number of nitrogens with zero attached hydrogens (tertiary/aromatic N) is 2. The molecule has 0 amide bonds. The Morgan fingerprint density at radius 3 is 2.71 bits per heavy atom. The summed E-state index contributed by atoms with van der Waals surface area (Å²) in [6, 6.07) is 6.03. The van der Waals surface area contributed by atoms with E-state index in [4.69, 9.17) is 0 Å². The maximum absolute atomic E-state index is 10.4. The number of aliphatic hydroxyl groups excluding tert-OH is 1. The van der Waals surface area contributed by atoms with Crippen LogP contribution in [0.15, 0.2) is 18.2 Å². The maximum atomic E-state index is 10.4. The zero-order valence-corrected chi connectivity index (χ0v) is 11.3. The van der Waals surface area contributed by atoms with E-state index in [0.29, 0.717) is 0 Å². The van der Waals surface area contributed by atoms with Gasteiger partial charge < -0.3 is 5.11 Å². The van der Waals surface area contributed by atoms with E-state index in [1.54, 1.807) is 11.3 Å². The van der Waals surface area contributed by atoms with Crippen molar-refractivity contribution in [1.82, 2.24) is 9.78 Å². The van der Waals surface area contributed by atoms with Crippen molar-refractivity contribution in [3.63, 3.8) is 0 Å². The molecular weight excluding hydrogens is 232 g/mol. The van der Waals surface area contributed by atoms with Gasteiger partial charge in [0.05, 0.1) is 11.4 Å². The average Bonchev–Trinajstić information content (AvgIpc) is 2.93. The lowest BCUT2D eigenvalue weighted by Gasteiger charge is -2.10. The van der Waals surface area contributed by atoms with Gasteiger partial charge >= 0.3 is 0 Å². The fraction of sp³-hybridized carbons (Fsp3) is 0.462. The first-order valence-electron chi connectivity index (χ1n) is 5.96. The normalized spacial score (nSPS) is 12.9. The summed E-state index contributed by atoms with van der Waals surface area (Å²) in [5, 5.41) is 14.8. The Labute approximate surface area is 106 Å². The topological polar surface area (TPSA) is 38.0 Å². The molecule has 0 saturated heterocycles. The standard InChI is InChI=1S/C13H18N2OS/c1-4-10-8-11(15(5-2)14-10)13(16)12-7-6-9(3)17-12/h6-8,13,16H,4-5H2,1-3H3. The molecule has 1 N–H and O–H groups in total. The summed E-state index contributed by atoms with van der Waals surface area (Å²) < 4.78 is 1.89. The molecule has 0 aliphatic rings. The van der Waals surface area contributed by atoms with E-state index in [1.807, 2.05) is 29.8 Å². The molecule has 3 nitrogen and oxygen atoms in total. The van der Waals surface area contributed by atoms with Gasteiger partial charge in [-0.05, 0) is 38.5 Å². The molecule has 2 aromatic heterocycles. The van der Waals surface area contributed by atoms with Crippen LogP contribution in [-0.4, -0.2) is 14.9 Å². The van der Waals surface area contributed by atoms with Crippen LogP contribution in [0.25, 0.3) is 0 Å². The minimum Gasteiger partial charge on any atom is -0.381 e. The van der Waals surface area contributed by atoms with Crippen molar-refractivity contribution in [3.05, 3.63) is 39.3 Å².